The van der Waals surface area contributed by atoms with Crippen LogP contribution in [0.5, 0.6) is 0 Å². The van der Waals surface area contributed by atoms with Crippen molar-refractivity contribution in [2.45, 2.75) is 25.7 Å². The van der Waals surface area contributed by atoms with Crippen LogP contribution in [0.15, 0.2) is 42.6 Å². The van der Waals surface area contributed by atoms with Crippen LogP contribution in [0, 0.1) is 5.92 Å². The molecule has 0 atom stereocenters. The summed E-state index contributed by atoms with van der Waals surface area (Å²) in [5, 5.41) is 1.37. The van der Waals surface area contributed by atoms with E-state index in [1.54, 1.807) is 0 Å². The van der Waals surface area contributed by atoms with Gasteiger partial charge in [0.2, 0.25) is 0 Å². The van der Waals surface area contributed by atoms with Gasteiger partial charge in [-0.15, -0.1) is 0 Å². The Morgan fingerprint density at radius 3 is 2.59 bits per heavy atom. The van der Waals surface area contributed by atoms with E-state index >= 15 is 0 Å². The van der Waals surface area contributed by atoms with Crippen molar-refractivity contribution in [3.63, 3.8) is 0 Å². The quantitative estimate of drug-likeness (QED) is 0.760. The van der Waals surface area contributed by atoms with Crippen molar-refractivity contribution in [2.75, 3.05) is 18.0 Å². The molecule has 22 heavy (non-hydrogen) atoms. The Labute approximate surface area is 142 Å². The van der Waals surface area contributed by atoms with Crippen LogP contribution in [-0.4, -0.2) is 18.1 Å². The smallest absolute Gasteiger partial charge is 0.128 e. The Hall–Kier alpha value is -1.25. The molecule has 0 spiro atoms. The molecule has 3 rings (SSSR count). The van der Waals surface area contributed by atoms with Crippen molar-refractivity contribution in [3.05, 3.63) is 58.2 Å². The second kappa shape index (κ2) is 7.34. The lowest BCUT2D eigenvalue weighted by atomic mass is 9.90. The molecule has 1 aromatic heterocycles. The molecule has 0 unspecified atom stereocenters. The van der Waals surface area contributed by atoms with Crippen LogP contribution in [0.4, 0.5) is 5.82 Å². The van der Waals surface area contributed by atoms with Crippen LogP contribution in [-0.2, 0) is 6.42 Å². The first-order valence-corrected chi connectivity index (χ1v) is 8.58. The van der Waals surface area contributed by atoms with Crippen LogP contribution >= 0.6 is 23.2 Å². The lowest BCUT2D eigenvalue weighted by molar-refractivity contribution is 0.381. The second-order valence-electron chi connectivity index (χ2n) is 5.87. The molecule has 1 aliphatic heterocycles. The number of rotatable bonds is 4. The van der Waals surface area contributed by atoms with E-state index in [-0.39, 0.29) is 0 Å². The van der Waals surface area contributed by atoms with Crippen molar-refractivity contribution in [3.8, 4) is 0 Å². The minimum absolute atomic E-state index is 0.657. The Morgan fingerprint density at radius 1 is 1.05 bits per heavy atom. The van der Waals surface area contributed by atoms with Gasteiger partial charge in [0.25, 0.3) is 0 Å². The van der Waals surface area contributed by atoms with E-state index in [0.717, 1.165) is 36.3 Å². The molecule has 4 heteroatoms. The Morgan fingerprint density at radius 2 is 1.86 bits per heavy atom. The van der Waals surface area contributed by atoms with E-state index < -0.39 is 0 Å². The van der Waals surface area contributed by atoms with Crippen molar-refractivity contribution < 1.29 is 0 Å². The van der Waals surface area contributed by atoms with Crippen LogP contribution in [0.25, 0.3) is 0 Å². The van der Waals surface area contributed by atoms with E-state index in [4.69, 9.17) is 23.2 Å². The molecule has 2 aromatic rings. The van der Waals surface area contributed by atoms with Gasteiger partial charge in [-0.3, -0.25) is 0 Å². The molecule has 1 fully saturated rings. The van der Waals surface area contributed by atoms with E-state index in [0.29, 0.717) is 5.02 Å². The predicted molar refractivity (Wildman–Crippen MR) is 94.0 cm³/mol. The van der Waals surface area contributed by atoms with Gasteiger partial charge in [0.15, 0.2) is 0 Å². The Balaban J connectivity index is 1.51. The maximum atomic E-state index is 6.27. The molecule has 1 saturated heterocycles. The average molecular weight is 335 g/mol. The largest absolute Gasteiger partial charge is 0.357 e. The third-order valence-electron chi connectivity index (χ3n) is 4.44. The molecule has 0 radical (unpaired) electrons. The number of anilines is 1. The van der Waals surface area contributed by atoms with Gasteiger partial charge in [-0.25, -0.2) is 4.98 Å². The lowest BCUT2D eigenvalue weighted by Crippen LogP contribution is -2.34. The third-order valence-corrected chi connectivity index (χ3v) is 5.30. The van der Waals surface area contributed by atoms with Crippen molar-refractivity contribution in [1.29, 1.82) is 0 Å². The highest BCUT2D eigenvalue weighted by Gasteiger charge is 2.20. The number of benzene rings is 1. The monoisotopic (exact) mass is 334 g/mol. The summed E-state index contributed by atoms with van der Waals surface area (Å²) >= 11 is 12.3. The van der Waals surface area contributed by atoms with Crippen molar-refractivity contribution in [2.24, 2.45) is 5.92 Å². The summed E-state index contributed by atoms with van der Waals surface area (Å²) in [7, 11) is 0. The van der Waals surface area contributed by atoms with E-state index in [9.17, 15) is 0 Å². The first-order valence-electron chi connectivity index (χ1n) is 7.83. The predicted octanol–water partition coefficient (Wildman–Crippen LogP) is 5.24. The summed E-state index contributed by atoms with van der Waals surface area (Å²) in [5.74, 6) is 1.86. The van der Waals surface area contributed by atoms with Gasteiger partial charge in [-0.1, -0.05) is 41.4 Å². The zero-order valence-electron chi connectivity index (χ0n) is 12.5. The molecule has 2 heterocycles. The molecule has 0 saturated carbocycles. The highest BCUT2D eigenvalue weighted by Crippen LogP contribution is 2.29. The number of halogens is 2. The molecule has 0 aliphatic carbocycles. The Bertz CT molecular complexity index is 608. The molecule has 1 aliphatic rings. The highest BCUT2D eigenvalue weighted by molar-refractivity contribution is 6.42. The minimum atomic E-state index is 0.657. The van der Waals surface area contributed by atoms with Gasteiger partial charge >= 0.3 is 0 Å². The highest BCUT2D eigenvalue weighted by atomic mass is 35.5. The second-order valence-corrected chi connectivity index (χ2v) is 6.66. The molecular formula is C18H20Cl2N2. The standard InChI is InChI=1S/C18H20Cl2N2/c19-16-5-3-4-15(18(16)20)8-7-14-9-12-22(13-10-14)17-6-1-2-11-21-17/h1-6,11,14H,7-10,12-13H2. The van der Waals surface area contributed by atoms with Crippen LogP contribution < -0.4 is 4.90 Å². The molecule has 0 bridgehead atoms. The van der Waals surface area contributed by atoms with Gasteiger partial charge < -0.3 is 4.90 Å². The van der Waals surface area contributed by atoms with Gasteiger partial charge in [-0.05, 0) is 55.4 Å². The minimum Gasteiger partial charge on any atom is -0.357 e. The summed E-state index contributed by atoms with van der Waals surface area (Å²) in [4.78, 5) is 6.81. The molecular weight excluding hydrogens is 315 g/mol. The van der Waals surface area contributed by atoms with E-state index in [1.165, 1.54) is 24.8 Å². The third kappa shape index (κ3) is 3.74. The lowest BCUT2D eigenvalue weighted by Gasteiger charge is -2.32. The maximum Gasteiger partial charge on any atom is 0.128 e. The summed E-state index contributed by atoms with van der Waals surface area (Å²) < 4.78 is 0. The molecule has 0 amide bonds. The van der Waals surface area contributed by atoms with Crippen molar-refractivity contribution >= 4 is 29.0 Å². The fourth-order valence-electron chi connectivity index (χ4n) is 3.09. The average Bonchev–Trinajstić information content (AvgIpc) is 2.57. The Kier molecular flexibility index (Phi) is 5.22. The van der Waals surface area contributed by atoms with Crippen LogP contribution in [0.1, 0.15) is 24.8 Å². The van der Waals surface area contributed by atoms with E-state index in [1.807, 2.05) is 24.4 Å². The van der Waals surface area contributed by atoms with E-state index in [2.05, 4.69) is 28.1 Å². The number of hydrogen-bond acceptors (Lipinski definition) is 2. The SMILES string of the molecule is Clc1cccc(CCC2CCN(c3ccccn3)CC2)c1Cl. The van der Waals surface area contributed by atoms with Gasteiger partial charge in [-0.2, -0.15) is 0 Å². The number of pyridine rings is 1. The van der Waals surface area contributed by atoms with Gasteiger partial charge in [0, 0.05) is 19.3 Å². The van der Waals surface area contributed by atoms with Crippen molar-refractivity contribution in [1.82, 2.24) is 4.98 Å². The van der Waals surface area contributed by atoms with Gasteiger partial charge in [0.05, 0.1) is 10.0 Å². The molecule has 116 valence electrons. The summed E-state index contributed by atoms with van der Waals surface area (Å²) in [6.45, 7) is 2.18. The van der Waals surface area contributed by atoms with Crippen LogP contribution in [0.2, 0.25) is 10.0 Å². The molecule has 0 N–H and O–H groups in total. The maximum absolute atomic E-state index is 6.27. The summed E-state index contributed by atoms with van der Waals surface area (Å²) in [5.41, 5.74) is 1.17. The number of aromatic nitrogens is 1. The number of piperidine rings is 1. The fraction of sp³-hybridized carbons (Fsp3) is 0.389. The number of nitrogens with zero attached hydrogens (tertiary/aromatic N) is 2. The zero-order chi connectivity index (χ0) is 15.4. The summed E-state index contributed by atoms with van der Waals surface area (Å²) in [6, 6.07) is 12.0. The number of aryl methyl sites for hydroxylation is 1. The normalized spacial score (nSPS) is 16.0. The number of hydrogen-bond donors (Lipinski definition) is 0. The van der Waals surface area contributed by atoms with Crippen LogP contribution in [0.3, 0.4) is 0 Å². The first-order chi connectivity index (χ1) is 10.7. The van der Waals surface area contributed by atoms with Gasteiger partial charge in [0.1, 0.15) is 5.82 Å². The molecule has 1 aromatic carbocycles. The fourth-order valence-corrected chi connectivity index (χ4v) is 3.51. The zero-order valence-corrected chi connectivity index (χ0v) is 14.0. The topological polar surface area (TPSA) is 16.1 Å². The summed E-state index contributed by atoms with van der Waals surface area (Å²) in [6.07, 6.45) is 6.48. The first kappa shape index (κ1) is 15.6. The molecule has 2 nitrogen and oxygen atoms in total.